The predicted molar refractivity (Wildman–Crippen MR) is 117 cm³/mol. The summed E-state index contributed by atoms with van der Waals surface area (Å²) in [6.07, 6.45) is 0.703. The van der Waals surface area contributed by atoms with Crippen molar-refractivity contribution in [3.8, 4) is 17.2 Å². The van der Waals surface area contributed by atoms with Crippen LogP contribution in [0.15, 0.2) is 51.9 Å². The first-order valence-corrected chi connectivity index (χ1v) is 10.4. The summed E-state index contributed by atoms with van der Waals surface area (Å²) in [4.78, 5) is 15.0. The minimum atomic E-state index is -0.616. The molecule has 7 nitrogen and oxygen atoms in total. The van der Waals surface area contributed by atoms with Crippen molar-refractivity contribution < 1.29 is 23.7 Å². The van der Waals surface area contributed by atoms with Crippen molar-refractivity contribution in [2.24, 2.45) is 0 Å². The molecule has 1 atom stereocenters. The number of rotatable bonds is 7. The van der Waals surface area contributed by atoms with E-state index in [9.17, 15) is 9.90 Å². The fourth-order valence-electron chi connectivity index (χ4n) is 3.70. The van der Waals surface area contributed by atoms with E-state index >= 15 is 0 Å². The molecule has 31 heavy (non-hydrogen) atoms. The molecule has 0 aliphatic carbocycles. The maximum atomic E-state index is 12.8. The van der Waals surface area contributed by atoms with Gasteiger partial charge in [-0.2, -0.15) is 0 Å². The summed E-state index contributed by atoms with van der Waals surface area (Å²) in [6, 6.07) is 10.8. The maximum Gasteiger partial charge on any atom is 0.235 e. The highest BCUT2D eigenvalue weighted by molar-refractivity contribution is 5.79. The monoisotopic (exact) mass is 425 g/mol. The summed E-state index contributed by atoms with van der Waals surface area (Å²) >= 11 is 0. The van der Waals surface area contributed by atoms with Gasteiger partial charge in [0.15, 0.2) is 0 Å². The molecule has 2 heterocycles. The van der Waals surface area contributed by atoms with E-state index in [0.29, 0.717) is 42.2 Å². The second kappa shape index (κ2) is 9.51. The van der Waals surface area contributed by atoms with Crippen LogP contribution in [0, 0.1) is 13.8 Å². The zero-order chi connectivity index (χ0) is 21.8. The molecule has 1 saturated heterocycles. The average Bonchev–Trinajstić information content (AvgIpc) is 2.74. The van der Waals surface area contributed by atoms with Gasteiger partial charge in [0, 0.05) is 25.7 Å². The lowest BCUT2D eigenvalue weighted by Gasteiger charge is -2.28. The summed E-state index contributed by atoms with van der Waals surface area (Å²) in [7, 11) is 0. The third-order valence-corrected chi connectivity index (χ3v) is 5.15. The second-order valence-electron chi connectivity index (χ2n) is 7.89. The standard InChI is InChI=1S/C24H27NO6/c1-16-9-17(2)11-20(10-16)31-23-15-30-22-12-19(3-4-21(22)24(23)27)29-14-18(26)13-25-5-7-28-8-6-25/h3-4,9-12,15,18,26H,5-8,13-14H2,1-2H3/t18-/m1/s1. The number of hydrogen-bond acceptors (Lipinski definition) is 7. The third kappa shape index (κ3) is 5.44. The number of aryl methyl sites for hydroxylation is 2. The van der Waals surface area contributed by atoms with Gasteiger partial charge in [-0.3, -0.25) is 9.69 Å². The highest BCUT2D eigenvalue weighted by Crippen LogP contribution is 2.25. The van der Waals surface area contributed by atoms with E-state index < -0.39 is 6.10 Å². The molecular formula is C24H27NO6. The molecule has 1 aliphatic heterocycles. The van der Waals surface area contributed by atoms with E-state index in [1.165, 1.54) is 6.26 Å². The lowest BCUT2D eigenvalue weighted by molar-refractivity contribution is 0.00466. The molecule has 1 aliphatic rings. The summed E-state index contributed by atoms with van der Waals surface area (Å²) in [6.45, 7) is 7.63. The summed E-state index contributed by atoms with van der Waals surface area (Å²) < 4.78 is 22.4. The van der Waals surface area contributed by atoms with Crippen molar-refractivity contribution in [2.45, 2.75) is 20.0 Å². The van der Waals surface area contributed by atoms with Crippen molar-refractivity contribution in [3.63, 3.8) is 0 Å². The smallest absolute Gasteiger partial charge is 0.235 e. The van der Waals surface area contributed by atoms with E-state index in [-0.39, 0.29) is 17.8 Å². The Kier molecular flexibility index (Phi) is 6.56. The van der Waals surface area contributed by atoms with E-state index in [1.54, 1.807) is 18.2 Å². The topological polar surface area (TPSA) is 81.4 Å². The van der Waals surface area contributed by atoms with Crippen molar-refractivity contribution in [1.82, 2.24) is 4.90 Å². The van der Waals surface area contributed by atoms with Crippen molar-refractivity contribution in [2.75, 3.05) is 39.5 Å². The average molecular weight is 425 g/mol. The first-order valence-electron chi connectivity index (χ1n) is 10.4. The van der Waals surface area contributed by atoms with Crippen LogP contribution >= 0.6 is 0 Å². The molecule has 1 fully saturated rings. The Labute approximate surface area is 180 Å². The van der Waals surface area contributed by atoms with Crippen LogP contribution in [0.3, 0.4) is 0 Å². The molecule has 1 N–H and O–H groups in total. The van der Waals surface area contributed by atoms with Crippen LogP contribution < -0.4 is 14.9 Å². The molecule has 164 valence electrons. The Balaban J connectivity index is 1.43. The second-order valence-corrected chi connectivity index (χ2v) is 7.89. The van der Waals surface area contributed by atoms with Crippen LogP contribution in [0.1, 0.15) is 11.1 Å². The van der Waals surface area contributed by atoms with Gasteiger partial charge in [-0.1, -0.05) is 6.07 Å². The van der Waals surface area contributed by atoms with Gasteiger partial charge in [-0.25, -0.2) is 0 Å². The molecule has 3 aromatic rings. The number of nitrogens with zero attached hydrogens (tertiary/aromatic N) is 1. The quantitative estimate of drug-likeness (QED) is 0.622. The van der Waals surface area contributed by atoms with E-state index in [0.717, 1.165) is 24.2 Å². The van der Waals surface area contributed by atoms with Gasteiger partial charge in [0.25, 0.3) is 0 Å². The first kappa shape index (κ1) is 21.4. The summed E-state index contributed by atoms with van der Waals surface area (Å²) in [5.74, 6) is 1.25. The molecule has 4 rings (SSSR count). The molecule has 1 aromatic heterocycles. The number of aliphatic hydroxyl groups excluding tert-OH is 1. The van der Waals surface area contributed by atoms with Gasteiger partial charge in [0.1, 0.15) is 36.1 Å². The number of aliphatic hydroxyl groups is 1. The van der Waals surface area contributed by atoms with Gasteiger partial charge in [0.2, 0.25) is 11.2 Å². The van der Waals surface area contributed by atoms with Crippen LogP contribution in [0.5, 0.6) is 17.2 Å². The van der Waals surface area contributed by atoms with E-state index in [1.807, 2.05) is 32.0 Å². The van der Waals surface area contributed by atoms with Gasteiger partial charge < -0.3 is 23.7 Å². The fourth-order valence-corrected chi connectivity index (χ4v) is 3.70. The zero-order valence-electron chi connectivity index (χ0n) is 17.8. The number of ether oxygens (including phenoxy) is 3. The van der Waals surface area contributed by atoms with Crippen molar-refractivity contribution >= 4 is 11.0 Å². The molecule has 0 radical (unpaired) electrons. The lowest BCUT2D eigenvalue weighted by Crippen LogP contribution is -2.42. The number of morpholine rings is 1. The Hall–Kier alpha value is -2.87. The van der Waals surface area contributed by atoms with E-state index in [2.05, 4.69) is 4.90 Å². The molecular weight excluding hydrogens is 398 g/mol. The number of benzene rings is 2. The molecule has 0 bridgehead atoms. The number of β-amino-alcohol motifs (C(OH)–C–C–N with tert-alkyl or cyclic N) is 1. The normalized spacial score (nSPS) is 15.7. The predicted octanol–water partition coefficient (Wildman–Crippen LogP) is 3.27. The molecule has 2 aromatic carbocycles. The van der Waals surface area contributed by atoms with Crippen LogP contribution in [0.2, 0.25) is 0 Å². The summed E-state index contributed by atoms with van der Waals surface area (Å²) in [5.41, 5.74) is 2.26. The molecule has 0 amide bonds. The Morgan fingerprint density at radius 3 is 2.55 bits per heavy atom. The minimum absolute atomic E-state index is 0.132. The Bertz CT molecular complexity index is 1080. The highest BCUT2D eigenvalue weighted by atomic mass is 16.5. The minimum Gasteiger partial charge on any atom is -0.491 e. The SMILES string of the molecule is Cc1cc(C)cc(Oc2coc3cc(OC[C@H](O)CN4CCOCC4)ccc3c2=O)c1. The Morgan fingerprint density at radius 2 is 1.81 bits per heavy atom. The fraction of sp³-hybridized carbons (Fsp3) is 0.375. The van der Waals surface area contributed by atoms with Gasteiger partial charge >= 0.3 is 0 Å². The van der Waals surface area contributed by atoms with Crippen LogP contribution in [0.4, 0.5) is 0 Å². The summed E-state index contributed by atoms with van der Waals surface area (Å²) in [5, 5.41) is 10.6. The first-order chi connectivity index (χ1) is 15.0. The van der Waals surface area contributed by atoms with Crippen LogP contribution in [0.25, 0.3) is 11.0 Å². The van der Waals surface area contributed by atoms with Crippen molar-refractivity contribution in [1.29, 1.82) is 0 Å². The number of fused-ring (bicyclic) bond motifs is 1. The molecule has 0 unspecified atom stereocenters. The molecule has 0 spiro atoms. The van der Waals surface area contributed by atoms with Crippen LogP contribution in [-0.4, -0.2) is 55.6 Å². The largest absolute Gasteiger partial charge is 0.491 e. The zero-order valence-corrected chi connectivity index (χ0v) is 17.8. The van der Waals surface area contributed by atoms with Crippen molar-refractivity contribution in [3.05, 3.63) is 64.0 Å². The number of hydrogen-bond donors (Lipinski definition) is 1. The third-order valence-electron chi connectivity index (χ3n) is 5.15. The van der Waals surface area contributed by atoms with Gasteiger partial charge in [0.05, 0.1) is 18.6 Å². The molecule has 0 saturated carbocycles. The van der Waals surface area contributed by atoms with Crippen LogP contribution in [-0.2, 0) is 4.74 Å². The Morgan fingerprint density at radius 1 is 1.06 bits per heavy atom. The maximum absolute atomic E-state index is 12.8. The lowest BCUT2D eigenvalue weighted by atomic mass is 10.1. The van der Waals surface area contributed by atoms with Gasteiger partial charge in [-0.05, 0) is 49.2 Å². The van der Waals surface area contributed by atoms with Gasteiger partial charge in [-0.15, -0.1) is 0 Å². The van der Waals surface area contributed by atoms with E-state index in [4.69, 9.17) is 18.6 Å². The highest BCUT2D eigenvalue weighted by Gasteiger charge is 2.16. The molecule has 7 heteroatoms.